The first-order valence-electron chi connectivity index (χ1n) is 11.4. The van der Waals surface area contributed by atoms with Crippen LogP contribution in [0.3, 0.4) is 0 Å². The van der Waals surface area contributed by atoms with E-state index in [4.69, 9.17) is 9.72 Å². The van der Waals surface area contributed by atoms with Crippen molar-refractivity contribution in [2.75, 3.05) is 7.11 Å². The summed E-state index contributed by atoms with van der Waals surface area (Å²) in [6.45, 7) is 2.01. The van der Waals surface area contributed by atoms with Crippen LogP contribution in [-0.4, -0.2) is 21.6 Å². The molecule has 6 aromatic rings. The van der Waals surface area contributed by atoms with Crippen LogP contribution in [0.4, 0.5) is 0 Å². The Bertz CT molecular complexity index is 1780. The molecule has 2 aromatic heterocycles. The van der Waals surface area contributed by atoms with Crippen LogP contribution >= 0.6 is 11.8 Å². The highest BCUT2D eigenvalue weighted by Crippen LogP contribution is 2.32. The summed E-state index contributed by atoms with van der Waals surface area (Å²) in [5, 5.41) is 3.97. The molecule has 0 aliphatic heterocycles. The molecular formula is C29H23N3O2S. The fourth-order valence-corrected chi connectivity index (χ4v) is 5.59. The number of hydrogen-bond donors (Lipinski definition) is 1. The highest BCUT2D eigenvalue weighted by Gasteiger charge is 2.20. The summed E-state index contributed by atoms with van der Waals surface area (Å²) in [5.74, 6) is 1.30. The van der Waals surface area contributed by atoms with Gasteiger partial charge in [0.15, 0.2) is 5.16 Å². The van der Waals surface area contributed by atoms with Gasteiger partial charge in [-0.2, -0.15) is 0 Å². The van der Waals surface area contributed by atoms with E-state index in [-0.39, 0.29) is 5.56 Å². The first-order chi connectivity index (χ1) is 17.1. The topological polar surface area (TPSA) is 59.9 Å². The van der Waals surface area contributed by atoms with Crippen molar-refractivity contribution in [2.24, 2.45) is 0 Å². The maximum absolute atomic E-state index is 13.9. The summed E-state index contributed by atoms with van der Waals surface area (Å²) in [6.07, 6.45) is 0. The van der Waals surface area contributed by atoms with E-state index in [0.717, 1.165) is 16.5 Å². The molecule has 35 heavy (non-hydrogen) atoms. The van der Waals surface area contributed by atoms with Crippen molar-refractivity contribution >= 4 is 44.5 Å². The molecule has 0 spiro atoms. The third-order valence-corrected chi connectivity index (χ3v) is 7.29. The van der Waals surface area contributed by atoms with Gasteiger partial charge in [0, 0.05) is 16.7 Å². The molecule has 2 heterocycles. The van der Waals surface area contributed by atoms with Gasteiger partial charge in [0.2, 0.25) is 0 Å². The number of nitrogens with zero attached hydrogens (tertiary/aromatic N) is 2. The number of hydrogen-bond acceptors (Lipinski definition) is 4. The summed E-state index contributed by atoms with van der Waals surface area (Å²) in [6, 6.07) is 28.4. The van der Waals surface area contributed by atoms with Crippen LogP contribution in [-0.2, 0) is 5.75 Å². The highest BCUT2D eigenvalue weighted by atomic mass is 32.2. The summed E-state index contributed by atoms with van der Waals surface area (Å²) >= 11 is 1.56. The van der Waals surface area contributed by atoms with Crippen molar-refractivity contribution in [3.05, 3.63) is 106 Å². The van der Waals surface area contributed by atoms with E-state index in [9.17, 15) is 4.79 Å². The van der Waals surface area contributed by atoms with E-state index in [0.29, 0.717) is 33.4 Å². The Morgan fingerprint density at radius 3 is 2.57 bits per heavy atom. The molecule has 0 bridgehead atoms. The number of ether oxygens (including phenoxy) is 1. The number of fused-ring (bicyclic) bond motifs is 4. The van der Waals surface area contributed by atoms with Crippen molar-refractivity contribution in [2.45, 2.75) is 17.8 Å². The van der Waals surface area contributed by atoms with Gasteiger partial charge < -0.3 is 9.72 Å². The molecule has 6 rings (SSSR count). The molecule has 0 saturated heterocycles. The molecule has 6 heteroatoms. The van der Waals surface area contributed by atoms with Gasteiger partial charge in [0.05, 0.1) is 12.8 Å². The first-order valence-corrected chi connectivity index (χ1v) is 12.4. The second kappa shape index (κ2) is 8.64. The molecule has 0 saturated carbocycles. The maximum Gasteiger partial charge on any atom is 0.283 e. The normalized spacial score (nSPS) is 11.5. The van der Waals surface area contributed by atoms with E-state index in [2.05, 4.69) is 41.4 Å². The first kappa shape index (κ1) is 21.5. The standard InChI is InChI=1S/C29H23N3O2S/c1-18-14-15-25(34-2)24(16-18)32-28(33)27-26(22-12-5-6-13-23(22)30-27)31-29(32)35-17-20-10-7-9-19-8-3-4-11-21(19)20/h3-16,30H,17H2,1-2H3. The molecule has 0 amide bonds. The Morgan fingerprint density at radius 1 is 0.943 bits per heavy atom. The lowest BCUT2D eigenvalue weighted by Crippen LogP contribution is -2.22. The number of aromatic amines is 1. The molecule has 0 fully saturated rings. The van der Waals surface area contributed by atoms with Gasteiger partial charge in [-0.1, -0.05) is 78.5 Å². The highest BCUT2D eigenvalue weighted by molar-refractivity contribution is 7.98. The minimum atomic E-state index is -0.143. The number of thioether (sulfide) groups is 1. The third kappa shape index (κ3) is 3.67. The van der Waals surface area contributed by atoms with Gasteiger partial charge >= 0.3 is 0 Å². The molecule has 4 aromatic carbocycles. The number of rotatable bonds is 5. The number of para-hydroxylation sites is 1. The monoisotopic (exact) mass is 477 g/mol. The molecule has 5 nitrogen and oxygen atoms in total. The van der Waals surface area contributed by atoms with E-state index in [1.165, 1.54) is 16.3 Å². The molecule has 0 aliphatic rings. The van der Waals surface area contributed by atoms with Crippen molar-refractivity contribution < 1.29 is 4.74 Å². The van der Waals surface area contributed by atoms with Crippen LogP contribution in [0.15, 0.2) is 94.9 Å². The average molecular weight is 478 g/mol. The Hall–Kier alpha value is -4.03. The largest absolute Gasteiger partial charge is 0.495 e. The zero-order chi connectivity index (χ0) is 23.9. The fraction of sp³-hybridized carbons (Fsp3) is 0.103. The van der Waals surface area contributed by atoms with Crippen LogP contribution in [0.5, 0.6) is 5.75 Å². The minimum Gasteiger partial charge on any atom is -0.495 e. The van der Waals surface area contributed by atoms with Crippen LogP contribution in [0.1, 0.15) is 11.1 Å². The predicted molar refractivity (Wildman–Crippen MR) is 144 cm³/mol. The lowest BCUT2D eigenvalue weighted by Gasteiger charge is -2.16. The van der Waals surface area contributed by atoms with Crippen molar-refractivity contribution in [1.29, 1.82) is 0 Å². The number of methoxy groups -OCH3 is 1. The second-order valence-electron chi connectivity index (χ2n) is 8.53. The molecule has 0 unspecified atom stereocenters. The van der Waals surface area contributed by atoms with E-state index >= 15 is 0 Å². The van der Waals surface area contributed by atoms with Gasteiger partial charge in [-0.05, 0) is 47.0 Å². The van der Waals surface area contributed by atoms with Crippen LogP contribution < -0.4 is 10.3 Å². The van der Waals surface area contributed by atoms with Crippen LogP contribution in [0.25, 0.3) is 38.4 Å². The average Bonchev–Trinajstić information content (AvgIpc) is 3.26. The molecule has 1 N–H and O–H groups in total. The Morgan fingerprint density at radius 2 is 1.71 bits per heavy atom. The number of H-pyrrole nitrogens is 1. The van der Waals surface area contributed by atoms with E-state index in [1.807, 2.05) is 55.5 Å². The van der Waals surface area contributed by atoms with Gasteiger partial charge in [-0.15, -0.1) is 0 Å². The fourth-order valence-electron chi connectivity index (χ4n) is 4.59. The molecule has 0 radical (unpaired) electrons. The van der Waals surface area contributed by atoms with Crippen LogP contribution in [0.2, 0.25) is 0 Å². The minimum absolute atomic E-state index is 0.143. The molecular weight excluding hydrogens is 454 g/mol. The summed E-state index contributed by atoms with van der Waals surface area (Å²) in [4.78, 5) is 22.3. The Balaban J connectivity index is 1.58. The van der Waals surface area contributed by atoms with Crippen molar-refractivity contribution in [3.8, 4) is 11.4 Å². The zero-order valence-electron chi connectivity index (χ0n) is 19.4. The van der Waals surface area contributed by atoms with Crippen LogP contribution in [0, 0.1) is 6.92 Å². The smallest absolute Gasteiger partial charge is 0.283 e. The molecule has 0 aliphatic carbocycles. The quantitative estimate of drug-likeness (QED) is 0.224. The summed E-state index contributed by atoms with van der Waals surface area (Å²) < 4.78 is 7.33. The van der Waals surface area contributed by atoms with E-state index in [1.54, 1.807) is 23.4 Å². The molecule has 172 valence electrons. The van der Waals surface area contributed by atoms with Gasteiger partial charge in [-0.3, -0.25) is 4.79 Å². The third-order valence-electron chi connectivity index (χ3n) is 6.31. The van der Waals surface area contributed by atoms with Crippen molar-refractivity contribution in [1.82, 2.24) is 14.5 Å². The lowest BCUT2D eigenvalue weighted by atomic mass is 10.1. The van der Waals surface area contributed by atoms with Crippen molar-refractivity contribution in [3.63, 3.8) is 0 Å². The summed E-state index contributed by atoms with van der Waals surface area (Å²) in [5.41, 5.74) is 4.85. The predicted octanol–water partition coefficient (Wildman–Crippen LogP) is 6.63. The molecule has 0 atom stereocenters. The summed E-state index contributed by atoms with van der Waals surface area (Å²) in [7, 11) is 1.62. The Labute approximate surface area is 206 Å². The maximum atomic E-state index is 13.9. The number of benzene rings is 4. The zero-order valence-corrected chi connectivity index (χ0v) is 20.2. The SMILES string of the molecule is COc1ccc(C)cc1-n1c(SCc2cccc3ccccc23)nc2c([nH]c3ccccc32)c1=O. The van der Waals surface area contributed by atoms with Gasteiger partial charge in [-0.25, -0.2) is 9.55 Å². The number of aromatic nitrogens is 3. The van der Waals surface area contributed by atoms with Gasteiger partial charge in [0.25, 0.3) is 5.56 Å². The Kier molecular flexibility index (Phi) is 5.30. The van der Waals surface area contributed by atoms with E-state index < -0.39 is 0 Å². The van der Waals surface area contributed by atoms with Gasteiger partial charge in [0.1, 0.15) is 16.8 Å². The number of nitrogens with one attached hydrogen (secondary N) is 1. The second-order valence-corrected chi connectivity index (χ2v) is 9.47. The lowest BCUT2D eigenvalue weighted by molar-refractivity contribution is 0.411. The number of aryl methyl sites for hydroxylation is 1.